The molecule has 0 spiro atoms. The number of fused-ring (bicyclic) bond motifs is 2. The molecule has 0 fully saturated rings. The molecule has 9 nitrogen and oxygen atoms in total. The monoisotopic (exact) mass is 577 g/mol. The summed E-state index contributed by atoms with van der Waals surface area (Å²) in [6.07, 6.45) is 1.25. The standard InChI is InChI=1S/C26H25N5O4S.C3H8.C2H6/c1-5-30-21(14-36-26-28-19-12-18(24(32)34-4)10-11-20(19)35-26)29-23-22(30)16(3)27-25(33)31(23)13-17-8-6-15(2)7-9-17;1-3-2;1-2/h6-12H,3,5,13-14H2,1-2,4H3,(H,27,33);3H2,1-2H3;1-2H3. The molecule has 5 rings (SSSR count). The Kier molecular flexibility index (Phi) is 11.2. The third kappa shape index (κ3) is 7.18. The number of methoxy groups -OCH3 is 1. The van der Waals surface area contributed by atoms with Crippen LogP contribution in [0.2, 0.25) is 0 Å². The zero-order chi connectivity index (χ0) is 30.1. The number of hydrogen-bond acceptors (Lipinski definition) is 7. The highest BCUT2D eigenvalue weighted by molar-refractivity contribution is 7.98. The van der Waals surface area contributed by atoms with E-state index in [0.717, 1.165) is 22.6 Å². The number of anilines is 1. The van der Waals surface area contributed by atoms with Crippen LogP contribution in [0.5, 0.6) is 0 Å². The van der Waals surface area contributed by atoms with Gasteiger partial charge in [-0.3, -0.25) is 4.90 Å². The van der Waals surface area contributed by atoms with Crippen LogP contribution in [-0.2, 0) is 23.6 Å². The lowest BCUT2D eigenvalue weighted by molar-refractivity contribution is 0.0601. The van der Waals surface area contributed by atoms with E-state index in [-0.39, 0.29) is 6.03 Å². The number of thioether (sulfide) groups is 1. The number of benzene rings is 2. The topological polar surface area (TPSA) is 102 Å². The number of aryl methyl sites for hydroxylation is 1. The summed E-state index contributed by atoms with van der Waals surface area (Å²) in [6.45, 7) is 17.4. The molecule has 0 bridgehead atoms. The number of imidazole rings is 1. The van der Waals surface area contributed by atoms with E-state index in [1.807, 2.05) is 56.5 Å². The predicted octanol–water partition coefficient (Wildman–Crippen LogP) is 7.57. The minimum absolute atomic E-state index is 0.256. The maximum absolute atomic E-state index is 12.9. The summed E-state index contributed by atoms with van der Waals surface area (Å²) in [6, 6.07) is 12.8. The Morgan fingerprint density at radius 2 is 1.78 bits per heavy atom. The van der Waals surface area contributed by atoms with Crippen molar-refractivity contribution in [1.82, 2.24) is 19.9 Å². The second-order valence-electron chi connectivity index (χ2n) is 9.07. The highest BCUT2D eigenvalue weighted by atomic mass is 32.2. The summed E-state index contributed by atoms with van der Waals surface area (Å²) >= 11 is 1.39. The molecule has 1 aliphatic heterocycles. The van der Waals surface area contributed by atoms with Crippen molar-refractivity contribution in [2.24, 2.45) is 0 Å². The van der Waals surface area contributed by atoms with Crippen LogP contribution in [0.25, 0.3) is 16.8 Å². The first-order valence-electron chi connectivity index (χ1n) is 13.8. The summed E-state index contributed by atoms with van der Waals surface area (Å²) in [5.74, 6) is 1.40. The average molecular weight is 578 g/mol. The van der Waals surface area contributed by atoms with E-state index in [1.54, 1.807) is 23.1 Å². The predicted molar refractivity (Wildman–Crippen MR) is 165 cm³/mol. The normalized spacial score (nSPS) is 12.1. The lowest BCUT2D eigenvalue weighted by Gasteiger charge is -2.28. The molecule has 218 valence electrons. The van der Waals surface area contributed by atoms with Gasteiger partial charge in [0.1, 0.15) is 17.0 Å². The van der Waals surface area contributed by atoms with E-state index in [1.165, 1.54) is 25.3 Å². The third-order valence-corrected chi connectivity index (χ3v) is 6.79. The van der Waals surface area contributed by atoms with Crippen LogP contribution in [0.15, 0.2) is 58.7 Å². The molecule has 10 heteroatoms. The number of rotatable bonds is 7. The summed E-state index contributed by atoms with van der Waals surface area (Å²) in [7, 11) is 1.34. The number of aromatic nitrogens is 3. The number of carbonyl (C=O) groups excluding carboxylic acids is 2. The molecule has 0 unspecified atom stereocenters. The van der Waals surface area contributed by atoms with Crippen molar-refractivity contribution >= 4 is 46.4 Å². The molecule has 1 aliphatic rings. The zero-order valence-corrected chi connectivity index (χ0v) is 25.7. The van der Waals surface area contributed by atoms with Gasteiger partial charge >= 0.3 is 12.0 Å². The molecule has 4 aromatic rings. The van der Waals surface area contributed by atoms with Crippen molar-refractivity contribution in [1.29, 1.82) is 0 Å². The van der Waals surface area contributed by atoms with E-state index in [0.29, 0.717) is 52.2 Å². The Morgan fingerprint density at radius 3 is 2.41 bits per heavy atom. The molecule has 2 aromatic heterocycles. The van der Waals surface area contributed by atoms with Crippen molar-refractivity contribution in [3.05, 3.63) is 77.3 Å². The first-order chi connectivity index (χ1) is 19.8. The molecule has 0 saturated heterocycles. The Hall–Kier alpha value is -4.05. The number of carbonyl (C=O) groups is 2. The van der Waals surface area contributed by atoms with Crippen LogP contribution in [0.1, 0.15) is 74.0 Å². The summed E-state index contributed by atoms with van der Waals surface area (Å²) in [5.41, 5.74) is 5.05. The number of urea groups is 1. The van der Waals surface area contributed by atoms with Crippen LogP contribution in [-0.4, -0.2) is 33.6 Å². The van der Waals surface area contributed by atoms with Gasteiger partial charge in [0.15, 0.2) is 11.4 Å². The number of esters is 1. The quantitative estimate of drug-likeness (QED) is 0.178. The van der Waals surface area contributed by atoms with Gasteiger partial charge in [-0.1, -0.05) is 82.3 Å². The molecule has 2 amide bonds. The zero-order valence-electron chi connectivity index (χ0n) is 24.9. The lowest BCUT2D eigenvalue weighted by atomic mass is 10.1. The number of nitrogens with one attached hydrogen (secondary N) is 1. The van der Waals surface area contributed by atoms with Crippen LogP contribution in [0.4, 0.5) is 10.6 Å². The minimum Gasteiger partial charge on any atom is -0.465 e. The van der Waals surface area contributed by atoms with Gasteiger partial charge < -0.3 is 19.0 Å². The molecule has 3 heterocycles. The maximum Gasteiger partial charge on any atom is 0.337 e. The Morgan fingerprint density at radius 1 is 1.10 bits per heavy atom. The molecule has 0 aliphatic carbocycles. The number of ether oxygens (including phenoxy) is 1. The molecule has 0 radical (unpaired) electrons. The summed E-state index contributed by atoms with van der Waals surface area (Å²) in [5, 5.41) is 3.33. The fraction of sp³-hybridized carbons (Fsp3) is 0.355. The van der Waals surface area contributed by atoms with Crippen LogP contribution >= 0.6 is 11.8 Å². The van der Waals surface area contributed by atoms with Gasteiger partial charge in [0, 0.05) is 6.54 Å². The number of hydrogen-bond donors (Lipinski definition) is 1. The third-order valence-electron chi connectivity index (χ3n) is 5.96. The summed E-state index contributed by atoms with van der Waals surface area (Å²) < 4.78 is 12.7. The van der Waals surface area contributed by atoms with Gasteiger partial charge in [0.2, 0.25) is 0 Å². The van der Waals surface area contributed by atoms with E-state index in [9.17, 15) is 9.59 Å². The van der Waals surface area contributed by atoms with Crippen LogP contribution in [0, 0.1) is 6.92 Å². The fourth-order valence-corrected chi connectivity index (χ4v) is 4.92. The highest BCUT2D eigenvalue weighted by Crippen LogP contribution is 2.34. The summed E-state index contributed by atoms with van der Waals surface area (Å²) in [4.78, 5) is 35.7. The molecule has 0 atom stereocenters. The number of oxazole rings is 1. The Bertz CT molecular complexity index is 1510. The highest BCUT2D eigenvalue weighted by Gasteiger charge is 2.32. The molecular weight excluding hydrogens is 538 g/mol. The molecule has 41 heavy (non-hydrogen) atoms. The van der Waals surface area contributed by atoms with Gasteiger partial charge in [0.05, 0.1) is 30.7 Å². The van der Waals surface area contributed by atoms with E-state index in [2.05, 4.69) is 30.7 Å². The Labute approximate surface area is 246 Å². The molecule has 2 aromatic carbocycles. The van der Waals surface area contributed by atoms with Gasteiger partial charge in [-0.05, 0) is 37.6 Å². The Balaban J connectivity index is 0.000000868. The first kappa shape index (κ1) is 31.5. The van der Waals surface area contributed by atoms with Crippen molar-refractivity contribution in [3.63, 3.8) is 0 Å². The number of amides is 2. The number of nitrogens with zero attached hydrogens (tertiary/aromatic N) is 4. The van der Waals surface area contributed by atoms with Gasteiger partial charge in [-0.2, -0.15) is 0 Å². The second kappa shape index (κ2) is 14.5. The average Bonchev–Trinajstić information content (AvgIpc) is 3.56. The van der Waals surface area contributed by atoms with Crippen molar-refractivity contribution < 1.29 is 18.7 Å². The first-order valence-corrected chi connectivity index (χ1v) is 14.8. The molecule has 1 N–H and O–H groups in total. The maximum atomic E-state index is 12.9. The SMILES string of the molecule is C=C1NC(=O)N(Cc2ccc(C)cc2)c2nc(CSc3nc4cc(C(=O)OC)ccc4o3)n(CC)c21.CC.CCC. The van der Waals surface area contributed by atoms with E-state index < -0.39 is 5.97 Å². The smallest absolute Gasteiger partial charge is 0.337 e. The second-order valence-corrected chi connectivity index (χ2v) is 10.0. The van der Waals surface area contributed by atoms with Crippen molar-refractivity contribution in [2.75, 3.05) is 12.0 Å². The molecule has 0 saturated carbocycles. The van der Waals surface area contributed by atoms with Crippen molar-refractivity contribution in [2.45, 2.75) is 72.0 Å². The lowest BCUT2D eigenvalue weighted by Crippen LogP contribution is -2.43. The van der Waals surface area contributed by atoms with Crippen LogP contribution < -0.4 is 10.2 Å². The van der Waals surface area contributed by atoms with Crippen molar-refractivity contribution in [3.8, 4) is 0 Å². The largest absolute Gasteiger partial charge is 0.465 e. The van der Waals surface area contributed by atoms with Gasteiger partial charge in [0.25, 0.3) is 5.22 Å². The van der Waals surface area contributed by atoms with Crippen LogP contribution in [0.3, 0.4) is 0 Å². The van der Waals surface area contributed by atoms with Gasteiger partial charge in [-0.15, -0.1) is 0 Å². The minimum atomic E-state index is -0.428. The molecular formula is C31H39N5O4S. The van der Waals surface area contributed by atoms with Gasteiger partial charge in [-0.25, -0.2) is 19.6 Å². The van der Waals surface area contributed by atoms with E-state index in [4.69, 9.17) is 14.1 Å². The van der Waals surface area contributed by atoms with E-state index >= 15 is 0 Å². The fourth-order valence-electron chi connectivity index (χ4n) is 4.14.